The van der Waals surface area contributed by atoms with Gasteiger partial charge in [0.05, 0.1) is 5.92 Å². The second kappa shape index (κ2) is 4.52. The zero-order chi connectivity index (χ0) is 10.8. The quantitative estimate of drug-likeness (QED) is 0.759. The van der Waals surface area contributed by atoms with Crippen LogP contribution in [0.2, 0.25) is 0 Å². The van der Waals surface area contributed by atoms with E-state index in [0.29, 0.717) is 6.04 Å². The fraction of sp³-hybridized carbons (Fsp3) is 0.917. The molecule has 1 N–H and O–H groups in total. The molecule has 0 aromatic rings. The monoisotopic (exact) mass is 211 g/mol. The van der Waals surface area contributed by atoms with E-state index < -0.39 is 5.97 Å². The van der Waals surface area contributed by atoms with Crippen LogP contribution in [-0.2, 0) is 4.79 Å². The van der Waals surface area contributed by atoms with Gasteiger partial charge in [-0.1, -0.05) is 19.8 Å². The molecule has 3 atom stereocenters. The molecular formula is C12H21NO2. The maximum atomic E-state index is 10.9. The predicted molar refractivity (Wildman–Crippen MR) is 58.7 cm³/mol. The smallest absolute Gasteiger partial charge is 0.307 e. The Morgan fingerprint density at radius 2 is 2.00 bits per heavy atom. The maximum Gasteiger partial charge on any atom is 0.307 e. The van der Waals surface area contributed by atoms with Gasteiger partial charge < -0.3 is 5.11 Å². The normalized spacial score (nSPS) is 38.1. The lowest BCUT2D eigenvalue weighted by atomic mass is 9.85. The molecule has 3 heteroatoms. The van der Waals surface area contributed by atoms with Gasteiger partial charge in [0, 0.05) is 12.6 Å². The first-order valence-corrected chi connectivity index (χ1v) is 6.15. The molecule has 0 aromatic carbocycles. The summed E-state index contributed by atoms with van der Waals surface area (Å²) in [5.41, 5.74) is 0. The summed E-state index contributed by atoms with van der Waals surface area (Å²) in [7, 11) is 0. The molecule has 1 saturated carbocycles. The Morgan fingerprint density at radius 3 is 2.60 bits per heavy atom. The minimum atomic E-state index is -0.610. The van der Waals surface area contributed by atoms with Crippen LogP contribution < -0.4 is 0 Å². The Labute approximate surface area is 91.5 Å². The summed E-state index contributed by atoms with van der Waals surface area (Å²) < 4.78 is 0. The van der Waals surface area contributed by atoms with Gasteiger partial charge in [-0.15, -0.1) is 0 Å². The van der Waals surface area contributed by atoms with E-state index in [9.17, 15) is 4.79 Å². The highest BCUT2D eigenvalue weighted by molar-refractivity contribution is 5.70. The summed E-state index contributed by atoms with van der Waals surface area (Å²) in [4.78, 5) is 13.3. The Kier molecular flexibility index (Phi) is 3.29. The van der Waals surface area contributed by atoms with Crippen molar-refractivity contribution in [3.63, 3.8) is 0 Å². The molecule has 0 amide bonds. The topological polar surface area (TPSA) is 40.5 Å². The largest absolute Gasteiger partial charge is 0.481 e. The highest BCUT2D eigenvalue weighted by Gasteiger charge is 2.35. The van der Waals surface area contributed by atoms with Crippen LogP contribution in [0.1, 0.15) is 39.0 Å². The fourth-order valence-corrected chi connectivity index (χ4v) is 3.13. The van der Waals surface area contributed by atoms with Crippen molar-refractivity contribution in [2.75, 3.05) is 13.1 Å². The van der Waals surface area contributed by atoms with E-state index in [1.807, 2.05) is 0 Å². The first-order chi connectivity index (χ1) is 7.18. The Morgan fingerprint density at radius 1 is 1.27 bits per heavy atom. The average molecular weight is 211 g/mol. The lowest BCUT2D eigenvalue weighted by Gasteiger charge is -2.36. The van der Waals surface area contributed by atoms with Crippen molar-refractivity contribution in [3.05, 3.63) is 0 Å². The van der Waals surface area contributed by atoms with Crippen LogP contribution in [0.5, 0.6) is 0 Å². The van der Waals surface area contributed by atoms with Crippen LogP contribution in [0.3, 0.4) is 0 Å². The Bertz CT molecular complexity index is 242. The Hall–Kier alpha value is -0.570. The lowest BCUT2D eigenvalue weighted by Crippen LogP contribution is -2.40. The van der Waals surface area contributed by atoms with E-state index in [2.05, 4.69) is 11.8 Å². The fourth-order valence-electron chi connectivity index (χ4n) is 3.13. The third kappa shape index (κ3) is 2.33. The summed E-state index contributed by atoms with van der Waals surface area (Å²) >= 11 is 0. The molecule has 2 rings (SSSR count). The maximum absolute atomic E-state index is 10.9. The second-order valence-corrected chi connectivity index (χ2v) is 5.15. The SMILES string of the molecule is CC1CCCCC1N1CCC(C(=O)O)C1. The highest BCUT2D eigenvalue weighted by atomic mass is 16.4. The van der Waals surface area contributed by atoms with E-state index in [1.165, 1.54) is 25.7 Å². The van der Waals surface area contributed by atoms with Crippen molar-refractivity contribution >= 4 is 5.97 Å². The van der Waals surface area contributed by atoms with E-state index >= 15 is 0 Å². The molecule has 0 bridgehead atoms. The molecular weight excluding hydrogens is 190 g/mol. The van der Waals surface area contributed by atoms with Gasteiger partial charge in [-0.3, -0.25) is 9.69 Å². The number of carboxylic acids is 1. The molecule has 3 unspecified atom stereocenters. The first kappa shape index (κ1) is 10.9. The highest BCUT2D eigenvalue weighted by Crippen LogP contribution is 2.31. The molecule has 0 spiro atoms. The van der Waals surface area contributed by atoms with Crippen molar-refractivity contribution in [1.29, 1.82) is 0 Å². The third-order valence-corrected chi connectivity index (χ3v) is 4.10. The van der Waals surface area contributed by atoms with Crippen molar-refractivity contribution in [1.82, 2.24) is 4.90 Å². The van der Waals surface area contributed by atoms with E-state index in [-0.39, 0.29) is 5.92 Å². The summed E-state index contributed by atoms with van der Waals surface area (Å²) in [6, 6.07) is 0.656. The van der Waals surface area contributed by atoms with Gasteiger partial charge in [0.1, 0.15) is 0 Å². The van der Waals surface area contributed by atoms with Crippen LogP contribution in [0, 0.1) is 11.8 Å². The third-order valence-electron chi connectivity index (χ3n) is 4.10. The molecule has 3 nitrogen and oxygen atoms in total. The van der Waals surface area contributed by atoms with Crippen molar-refractivity contribution < 1.29 is 9.90 Å². The number of carbonyl (C=O) groups is 1. The minimum Gasteiger partial charge on any atom is -0.481 e. The van der Waals surface area contributed by atoms with Gasteiger partial charge in [0.15, 0.2) is 0 Å². The number of aliphatic carboxylic acids is 1. The van der Waals surface area contributed by atoms with Gasteiger partial charge in [0.2, 0.25) is 0 Å². The van der Waals surface area contributed by atoms with Gasteiger partial charge >= 0.3 is 5.97 Å². The molecule has 2 fully saturated rings. The van der Waals surface area contributed by atoms with Crippen LogP contribution in [0.25, 0.3) is 0 Å². The van der Waals surface area contributed by atoms with E-state index in [4.69, 9.17) is 5.11 Å². The van der Waals surface area contributed by atoms with Gasteiger partial charge in [-0.05, 0) is 31.7 Å². The zero-order valence-corrected chi connectivity index (χ0v) is 9.48. The number of hydrogen-bond acceptors (Lipinski definition) is 2. The van der Waals surface area contributed by atoms with Crippen molar-refractivity contribution in [3.8, 4) is 0 Å². The second-order valence-electron chi connectivity index (χ2n) is 5.15. The van der Waals surface area contributed by atoms with E-state index in [1.54, 1.807) is 0 Å². The van der Waals surface area contributed by atoms with Crippen LogP contribution >= 0.6 is 0 Å². The number of hydrogen-bond donors (Lipinski definition) is 1. The number of likely N-dealkylation sites (tertiary alicyclic amines) is 1. The molecule has 15 heavy (non-hydrogen) atoms. The Balaban J connectivity index is 1.91. The minimum absolute atomic E-state index is 0.112. The molecule has 1 heterocycles. The molecule has 86 valence electrons. The number of nitrogens with zero attached hydrogens (tertiary/aromatic N) is 1. The van der Waals surface area contributed by atoms with Gasteiger partial charge in [0.25, 0.3) is 0 Å². The van der Waals surface area contributed by atoms with Crippen LogP contribution in [-0.4, -0.2) is 35.1 Å². The molecule has 2 aliphatic rings. The van der Waals surface area contributed by atoms with Crippen LogP contribution in [0.4, 0.5) is 0 Å². The van der Waals surface area contributed by atoms with Gasteiger partial charge in [-0.25, -0.2) is 0 Å². The first-order valence-electron chi connectivity index (χ1n) is 6.15. The molecule has 1 aliphatic carbocycles. The van der Waals surface area contributed by atoms with Crippen LogP contribution in [0.15, 0.2) is 0 Å². The van der Waals surface area contributed by atoms with Crippen molar-refractivity contribution in [2.24, 2.45) is 11.8 Å². The van der Waals surface area contributed by atoms with E-state index in [0.717, 1.165) is 25.4 Å². The molecule has 0 radical (unpaired) electrons. The summed E-state index contributed by atoms with van der Waals surface area (Å²) in [6.45, 7) is 4.09. The molecule has 1 saturated heterocycles. The summed E-state index contributed by atoms with van der Waals surface area (Å²) in [5.74, 6) is 0.0337. The lowest BCUT2D eigenvalue weighted by molar-refractivity contribution is -0.141. The zero-order valence-electron chi connectivity index (χ0n) is 9.48. The van der Waals surface area contributed by atoms with Crippen molar-refractivity contribution in [2.45, 2.75) is 45.1 Å². The standard InChI is InChI=1S/C12H21NO2/c1-9-4-2-3-5-11(9)13-7-6-10(8-13)12(14)15/h9-11H,2-8H2,1H3,(H,14,15). The average Bonchev–Trinajstić information content (AvgIpc) is 2.67. The van der Waals surface area contributed by atoms with Gasteiger partial charge in [-0.2, -0.15) is 0 Å². The number of carboxylic acid groups (broad SMARTS) is 1. The summed E-state index contributed by atoms with van der Waals surface area (Å²) in [6.07, 6.45) is 6.11. The summed E-state index contributed by atoms with van der Waals surface area (Å²) in [5, 5.41) is 8.97. The predicted octanol–water partition coefficient (Wildman–Crippen LogP) is 1.97. The molecule has 1 aliphatic heterocycles. The number of rotatable bonds is 2. The molecule has 0 aromatic heterocycles.